The van der Waals surface area contributed by atoms with Crippen LogP contribution >= 0.6 is 0 Å². The molecule has 1 aliphatic heterocycles. The first-order valence-corrected chi connectivity index (χ1v) is 11.2. The summed E-state index contributed by atoms with van der Waals surface area (Å²) in [7, 11) is 1.51. The number of rotatable bonds is 5. The lowest BCUT2D eigenvalue weighted by molar-refractivity contribution is 0.208. The molecule has 1 fully saturated rings. The number of benzene rings is 2. The number of urea groups is 2. The molecule has 0 aliphatic carbocycles. The first-order valence-electron chi connectivity index (χ1n) is 11.2. The van der Waals surface area contributed by atoms with E-state index >= 15 is 0 Å². The van der Waals surface area contributed by atoms with E-state index in [4.69, 9.17) is 4.74 Å². The number of carbonyl (C=O) groups is 2. The maximum absolute atomic E-state index is 14.9. The van der Waals surface area contributed by atoms with Crippen LogP contribution in [0.15, 0.2) is 60.8 Å². The Labute approximate surface area is 202 Å². The van der Waals surface area contributed by atoms with Crippen LogP contribution in [-0.2, 0) is 0 Å². The van der Waals surface area contributed by atoms with Gasteiger partial charge in [-0.2, -0.15) is 0 Å². The number of methoxy groups -OCH3 is 1. The van der Waals surface area contributed by atoms with Gasteiger partial charge < -0.3 is 25.2 Å². The van der Waals surface area contributed by atoms with Crippen molar-refractivity contribution >= 4 is 34.9 Å². The van der Waals surface area contributed by atoms with E-state index in [9.17, 15) is 14.0 Å². The number of para-hydroxylation sites is 2. The second-order valence-electron chi connectivity index (χ2n) is 8.02. The molecule has 3 N–H and O–H groups in total. The van der Waals surface area contributed by atoms with Crippen molar-refractivity contribution in [2.24, 2.45) is 0 Å². The fraction of sp³-hybridized carbons (Fsp3) is 0.240. The third-order valence-electron chi connectivity index (χ3n) is 5.70. The van der Waals surface area contributed by atoms with E-state index < -0.39 is 11.8 Å². The number of aromatic nitrogens is 1. The molecule has 0 radical (unpaired) electrons. The molecule has 4 rings (SSSR count). The van der Waals surface area contributed by atoms with Gasteiger partial charge in [-0.15, -0.1) is 0 Å². The van der Waals surface area contributed by atoms with Crippen molar-refractivity contribution in [3.63, 3.8) is 0 Å². The van der Waals surface area contributed by atoms with Gasteiger partial charge >= 0.3 is 12.1 Å². The average molecular weight is 479 g/mol. The maximum Gasteiger partial charge on any atom is 0.323 e. The molecule has 182 valence electrons. The monoisotopic (exact) mass is 478 g/mol. The molecule has 3 aromatic rings. The lowest BCUT2D eigenvalue weighted by Crippen LogP contribution is -2.50. The van der Waals surface area contributed by atoms with Crippen LogP contribution in [0.1, 0.15) is 5.56 Å². The van der Waals surface area contributed by atoms with E-state index in [1.165, 1.54) is 13.2 Å². The Morgan fingerprint density at radius 2 is 1.74 bits per heavy atom. The molecule has 4 amide bonds. The number of nitrogens with one attached hydrogen (secondary N) is 3. The summed E-state index contributed by atoms with van der Waals surface area (Å²) in [6.45, 7) is 3.72. The number of halogens is 1. The van der Waals surface area contributed by atoms with Crippen molar-refractivity contribution in [2.45, 2.75) is 6.92 Å². The van der Waals surface area contributed by atoms with Crippen molar-refractivity contribution in [1.29, 1.82) is 0 Å². The Kier molecular flexibility index (Phi) is 7.30. The minimum Gasteiger partial charge on any atom is -0.495 e. The van der Waals surface area contributed by atoms with Crippen molar-refractivity contribution in [3.05, 3.63) is 72.2 Å². The van der Waals surface area contributed by atoms with E-state index in [1.54, 1.807) is 47.5 Å². The number of amides is 4. The normalized spacial score (nSPS) is 13.2. The second-order valence-corrected chi connectivity index (χ2v) is 8.02. The first-order chi connectivity index (χ1) is 16.9. The lowest BCUT2D eigenvalue weighted by atomic mass is 10.2. The van der Waals surface area contributed by atoms with Crippen LogP contribution in [0.3, 0.4) is 0 Å². The van der Waals surface area contributed by atoms with Gasteiger partial charge in [0.1, 0.15) is 17.4 Å². The predicted octanol–water partition coefficient (Wildman–Crippen LogP) is 4.54. The number of carbonyl (C=O) groups excluding carboxylic acids is 2. The molecule has 1 aromatic heterocycles. The zero-order valence-corrected chi connectivity index (χ0v) is 19.5. The van der Waals surface area contributed by atoms with Crippen molar-refractivity contribution in [2.75, 3.05) is 54.1 Å². The minimum atomic E-state index is -0.510. The molecule has 0 spiro atoms. The highest BCUT2D eigenvalue weighted by molar-refractivity contribution is 6.00. The SMILES string of the molecule is COc1ccccc1NC(=O)Nc1ccc(N2CCN(C(=O)Nc3ncccc3C)CC2)c(F)c1. The Balaban J connectivity index is 1.32. The maximum atomic E-state index is 14.9. The van der Waals surface area contributed by atoms with Gasteiger partial charge in [0.15, 0.2) is 0 Å². The number of hydrogen-bond donors (Lipinski definition) is 3. The van der Waals surface area contributed by atoms with Gasteiger partial charge in [0.05, 0.1) is 18.5 Å². The van der Waals surface area contributed by atoms with Gasteiger partial charge in [-0.1, -0.05) is 18.2 Å². The lowest BCUT2D eigenvalue weighted by Gasteiger charge is -2.36. The zero-order valence-electron chi connectivity index (χ0n) is 19.5. The summed E-state index contributed by atoms with van der Waals surface area (Å²) in [6, 6.07) is 14.5. The summed E-state index contributed by atoms with van der Waals surface area (Å²) < 4.78 is 20.1. The Bertz CT molecular complexity index is 1210. The molecular weight excluding hydrogens is 451 g/mol. The van der Waals surface area contributed by atoms with Gasteiger partial charge in [0.2, 0.25) is 0 Å². The van der Waals surface area contributed by atoms with E-state index in [2.05, 4.69) is 20.9 Å². The van der Waals surface area contributed by atoms with Crippen LogP contribution in [0.25, 0.3) is 0 Å². The van der Waals surface area contributed by atoms with Crippen molar-refractivity contribution < 1.29 is 18.7 Å². The van der Waals surface area contributed by atoms with Crippen LogP contribution < -0.4 is 25.6 Å². The fourth-order valence-corrected chi connectivity index (χ4v) is 3.82. The number of aryl methyl sites for hydroxylation is 1. The third kappa shape index (κ3) is 5.78. The van der Waals surface area contributed by atoms with Crippen molar-refractivity contribution in [3.8, 4) is 5.75 Å². The van der Waals surface area contributed by atoms with Crippen LogP contribution in [-0.4, -0.2) is 55.2 Å². The Morgan fingerprint density at radius 3 is 2.46 bits per heavy atom. The van der Waals surface area contributed by atoms with Crippen LogP contribution in [0.4, 0.5) is 36.9 Å². The van der Waals surface area contributed by atoms with Crippen molar-refractivity contribution in [1.82, 2.24) is 9.88 Å². The highest BCUT2D eigenvalue weighted by Gasteiger charge is 2.23. The number of piperazine rings is 1. The molecule has 9 nitrogen and oxygen atoms in total. The van der Waals surface area contributed by atoms with Crippen LogP contribution in [0.5, 0.6) is 5.75 Å². The second kappa shape index (κ2) is 10.7. The number of ether oxygens (including phenoxy) is 1. The summed E-state index contributed by atoms with van der Waals surface area (Å²) in [4.78, 5) is 32.7. The highest BCUT2D eigenvalue weighted by atomic mass is 19.1. The van der Waals surface area contributed by atoms with Gasteiger partial charge in [0.25, 0.3) is 0 Å². The summed E-state index contributed by atoms with van der Waals surface area (Å²) in [5, 5.41) is 8.14. The molecule has 10 heteroatoms. The molecule has 35 heavy (non-hydrogen) atoms. The summed E-state index contributed by atoms with van der Waals surface area (Å²) in [6.07, 6.45) is 1.63. The number of pyridine rings is 1. The molecular formula is C25H27FN6O3. The number of anilines is 4. The number of nitrogens with zero attached hydrogens (tertiary/aromatic N) is 3. The molecule has 2 heterocycles. The predicted molar refractivity (Wildman–Crippen MR) is 134 cm³/mol. The topological polar surface area (TPSA) is 98.8 Å². The van der Waals surface area contributed by atoms with E-state index in [0.29, 0.717) is 54.8 Å². The standard InChI is InChI=1S/C25H27FN6O3/c1-17-6-5-11-27-23(17)30-25(34)32-14-12-31(13-15-32)21-10-9-18(16-19(21)26)28-24(33)29-20-7-3-4-8-22(20)35-2/h3-11,16H,12-15H2,1-2H3,(H,27,30,34)(H2,28,29,33). The smallest absolute Gasteiger partial charge is 0.323 e. The van der Waals surface area contributed by atoms with E-state index in [0.717, 1.165) is 5.56 Å². The largest absolute Gasteiger partial charge is 0.495 e. The van der Waals surface area contributed by atoms with Crippen LogP contribution in [0.2, 0.25) is 0 Å². The number of hydrogen-bond acceptors (Lipinski definition) is 5. The van der Waals surface area contributed by atoms with Gasteiger partial charge in [-0.3, -0.25) is 5.32 Å². The van der Waals surface area contributed by atoms with E-state index in [-0.39, 0.29) is 6.03 Å². The molecule has 0 unspecified atom stereocenters. The van der Waals surface area contributed by atoms with Gasteiger partial charge in [0, 0.05) is 38.1 Å². The molecule has 2 aromatic carbocycles. The van der Waals surface area contributed by atoms with Gasteiger partial charge in [-0.05, 0) is 48.9 Å². The zero-order chi connectivity index (χ0) is 24.8. The van der Waals surface area contributed by atoms with E-state index in [1.807, 2.05) is 24.0 Å². The summed E-state index contributed by atoms with van der Waals surface area (Å²) >= 11 is 0. The highest BCUT2D eigenvalue weighted by Crippen LogP contribution is 2.26. The summed E-state index contributed by atoms with van der Waals surface area (Å²) in [5.41, 5.74) is 2.13. The first kappa shape index (κ1) is 23.8. The average Bonchev–Trinajstić information content (AvgIpc) is 2.86. The molecule has 1 saturated heterocycles. The molecule has 0 saturated carbocycles. The minimum absolute atomic E-state index is 0.229. The third-order valence-corrected chi connectivity index (χ3v) is 5.70. The van der Waals surface area contributed by atoms with Crippen LogP contribution in [0, 0.1) is 12.7 Å². The van der Waals surface area contributed by atoms with Gasteiger partial charge in [-0.25, -0.2) is 19.0 Å². The quantitative estimate of drug-likeness (QED) is 0.500. The Morgan fingerprint density at radius 1 is 0.971 bits per heavy atom. The molecule has 0 atom stereocenters. The molecule has 1 aliphatic rings. The fourth-order valence-electron chi connectivity index (χ4n) is 3.82. The Hall–Kier alpha value is -4.34. The molecule has 0 bridgehead atoms. The summed E-state index contributed by atoms with van der Waals surface area (Å²) in [5.74, 6) is 0.595.